The first-order chi connectivity index (χ1) is 43.2. The van der Waals surface area contributed by atoms with Crippen molar-refractivity contribution in [1.82, 2.24) is 44.3 Å². The minimum absolute atomic E-state index is 0.0143. The highest BCUT2D eigenvalue weighted by Gasteiger charge is 2.32. The number of hydrogen-bond acceptors (Lipinski definition) is 13. The summed E-state index contributed by atoms with van der Waals surface area (Å²) in [5.41, 5.74) is 10.9. The van der Waals surface area contributed by atoms with E-state index in [1.807, 2.05) is 129 Å². The molecule has 0 radical (unpaired) electrons. The number of fused-ring (bicyclic) bond motifs is 3. The maximum atomic E-state index is 13.2. The predicted octanol–water partition coefficient (Wildman–Crippen LogP) is 14.8. The molecule has 22 heteroatoms. The zero-order valence-corrected chi connectivity index (χ0v) is 53.6. The van der Waals surface area contributed by atoms with Crippen molar-refractivity contribution in [1.29, 1.82) is 0 Å². The van der Waals surface area contributed by atoms with Crippen LogP contribution < -0.4 is 4.74 Å². The molecule has 0 aliphatic carbocycles. The van der Waals surface area contributed by atoms with Crippen LogP contribution in [0.5, 0.6) is 5.75 Å². The molecule has 16 nitrogen and oxygen atoms in total. The van der Waals surface area contributed by atoms with E-state index in [2.05, 4.69) is 69.6 Å². The van der Waals surface area contributed by atoms with Gasteiger partial charge in [0.25, 0.3) is 0 Å². The Hall–Kier alpha value is -9.38. The largest absolute Gasteiger partial charge is 0.573 e. The Morgan fingerprint density at radius 3 is 1.10 bits per heavy atom. The molecule has 0 fully saturated rings. The maximum Gasteiger partial charge on any atom is 0.573 e. The summed E-state index contributed by atoms with van der Waals surface area (Å²) < 4.78 is 124. The Morgan fingerprint density at radius 1 is 0.451 bits per heavy atom. The molecule has 12 aromatic rings. The van der Waals surface area contributed by atoms with Gasteiger partial charge in [0.2, 0.25) is 0 Å². The number of ether oxygens (including phenoxy) is 1. The Kier molecular flexibility index (Phi) is 18.6. The van der Waals surface area contributed by atoms with Crippen LogP contribution in [0.15, 0.2) is 215 Å². The molecule has 6 aromatic carbocycles. The highest BCUT2D eigenvalue weighted by molar-refractivity contribution is 7.91. The molecule has 0 bridgehead atoms. The van der Waals surface area contributed by atoms with Crippen LogP contribution in [0.2, 0.25) is 0 Å². The fourth-order valence-corrected chi connectivity index (χ4v) is 14.4. The summed E-state index contributed by atoms with van der Waals surface area (Å²) in [6.45, 7) is 16.1. The number of aryl methyl sites for hydroxylation is 3. The zero-order chi connectivity index (χ0) is 65.0. The van der Waals surface area contributed by atoms with Gasteiger partial charge in [-0.15, -0.1) is 13.2 Å². The lowest BCUT2D eigenvalue weighted by Gasteiger charge is -2.23. The van der Waals surface area contributed by atoms with Gasteiger partial charge in [0.1, 0.15) is 5.75 Å². The highest BCUT2D eigenvalue weighted by Crippen LogP contribution is 2.32. The van der Waals surface area contributed by atoms with Gasteiger partial charge in [0.15, 0.2) is 29.5 Å². The summed E-state index contributed by atoms with van der Waals surface area (Å²) in [7, 11) is -10.9. The second kappa shape index (κ2) is 26.2. The van der Waals surface area contributed by atoms with Gasteiger partial charge in [-0.2, -0.15) is 15.3 Å². The lowest BCUT2D eigenvalue weighted by Crippen LogP contribution is -2.17. The molecule has 0 unspecified atom stereocenters. The van der Waals surface area contributed by atoms with Crippen molar-refractivity contribution in [2.75, 3.05) is 0 Å². The second-order valence-electron chi connectivity index (χ2n) is 22.9. The lowest BCUT2D eigenvalue weighted by atomic mass is 9.82. The Labute approximate surface area is 526 Å². The smallest absolute Gasteiger partial charge is 0.406 e. The third-order valence-electron chi connectivity index (χ3n) is 15.5. The lowest BCUT2D eigenvalue weighted by molar-refractivity contribution is -0.274. The van der Waals surface area contributed by atoms with Crippen LogP contribution in [0.1, 0.15) is 92.2 Å². The Bertz CT molecular complexity index is 4940. The van der Waals surface area contributed by atoms with Gasteiger partial charge in [0, 0.05) is 34.7 Å². The molecule has 0 saturated heterocycles. The van der Waals surface area contributed by atoms with E-state index in [4.69, 9.17) is 0 Å². The quantitative estimate of drug-likeness (QED) is 0.0884. The number of hydrogen-bond donors (Lipinski definition) is 0. The third kappa shape index (κ3) is 14.9. The maximum absolute atomic E-state index is 13.2. The topological polar surface area (TPSA) is 204 Å². The van der Waals surface area contributed by atoms with Crippen LogP contribution in [0.25, 0.3) is 49.8 Å². The van der Waals surface area contributed by atoms with Gasteiger partial charge < -0.3 is 4.74 Å². The van der Waals surface area contributed by atoms with Crippen molar-refractivity contribution < 1.29 is 43.2 Å². The first kappa shape index (κ1) is 64.6. The molecule has 0 N–H and O–H groups in total. The Morgan fingerprint density at radius 2 is 0.780 bits per heavy atom. The fraction of sp³-hybridized carbons (Fsp3) is 0.217. The number of alkyl halides is 3. The van der Waals surface area contributed by atoms with Crippen LogP contribution in [-0.2, 0) is 52.2 Å². The summed E-state index contributed by atoms with van der Waals surface area (Å²) in [5.74, 6) is -0.761. The van der Waals surface area contributed by atoms with Crippen molar-refractivity contribution in [3.8, 4) is 22.8 Å². The van der Waals surface area contributed by atoms with Crippen molar-refractivity contribution in [2.24, 2.45) is 0 Å². The van der Waals surface area contributed by atoms with Crippen molar-refractivity contribution >= 4 is 62.2 Å². The van der Waals surface area contributed by atoms with Crippen molar-refractivity contribution in [2.45, 2.75) is 111 Å². The molecule has 468 valence electrons. The van der Waals surface area contributed by atoms with E-state index >= 15 is 0 Å². The minimum atomic E-state index is -4.85. The monoisotopic (exact) mass is 1290 g/mol. The van der Waals surface area contributed by atoms with Gasteiger partial charge in [-0.1, -0.05) is 77.1 Å². The van der Waals surface area contributed by atoms with E-state index in [0.717, 1.165) is 97.3 Å². The third-order valence-corrected chi connectivity index (χ3v) is 20.5. The molecule has 0 saturated carbocycles. The molecule has 12 rings (SSSR count). The number of halogens is 3. The van der Waals surface area contributed by atoms with E-state index in [-0.39, 0.29) is 27.6 Å². The SMILES string of the molecule is CCC(C)(C)c1ccc(S(=O)(=O)Cc2cc(C)nn2-c2cccc3ncccc23)cc1.Cc1cc(CS(=O)(=O)c2ccc(C(C)C)cc2)n(-c2cccc3ncccc23)n1.Cc1cc(CS(=O)(=O)c2ccc(OC(F)(F)F)cc2)n(-c2cccc3ncccc23)n1. The van der Waals surface area contributed by atoms with Crippen molar-refractivity contribution in [3.63, 3.8) is 0 Å². The predicted molar refractivity (Wildman–Crippen MR) is 347 cm³/mol. The van der Waals surface area contributed by atoms with Gasteiger partial charge in [-0.05, 0) is 189 Å². The molecular formula is C69H66F3N9O7S3. The average Bonchev–Trinajstić information content (AvgIpc) is 1.83. The van der Waals surface area contributed by atoms with E-state index in [0.29, 0.717) is 44.2 Å². The number of nitrogens with zero attached hydrogens (tertiary/aromatic N) is 9. The molecular weight excluding hydrogens is 1220 g/mol. The summed E-state index contributed by atoms with van der Waals surface area (Å²) in [5, 5.41) is 16.3. The molecule has 6 heterocycles. The average molecular weight is 1290 g/mol. The van der Waals surface area contributed by atoms with Crippen LogP contribution >= 0.6 is 0 Å². The van der Waals surface area contributed by atoms with Gasteiger partial charge in [-0.3, -0.25) is 15.0 Å². The molecule has 0 spiro atoms. The zero-order valence-electron chi connectivity index (χ0n) is 51.2. The van der Waals surface area contributed by atoms with Crippen LogP contribution in [-0.4, -0.2) is 75.9 Å². The Balaban J connectivity index is 0.000000150. The number of benzene rings is 6. The van der Waals surface area contributed by atoms with Crippen molar-refractivity contribution in [3.05, 3.63) is 246 Å². The highest BCUT2D eigenvalue weighted by atomic mass is 32.2. The van der Waals surface area contributed by atoms with E-state index in [1.165, 1.54) is 0 Å². The molecule has 0 amide bonds. The summed E-state index contributed by atoms with van der Waals surface area (Å²) in [6.07, 6.45) is 1.29. The van der Waals surface area contributed by atoms with Crippen LogP contribution in [0.4, 0.5) is 13.2 Å². The van der Waals surface area contributed by atoms with Crippen LogP contribution in [0, 0.1) is 20.8 Å². The summed E-state index contributed by atoms with van der Waals surface area (Å²) >= 11 is 0. The summed E-state index contributed by atoms with van der Waals surface area (Å²) in [6, 6.07) is 52.3. The molecule has 6 aromatic heterocycles. The number of sulfone groups is 3. The second-order valence-corrected chi connectivity index (χ2v) is 28.9. The molecule has 91 heavy (non-hydrogen) atoms. The van der Waals surface area contributed by atoms with Gasteiger partial charge in [0.05, 0.1) is 99.7 Å². The van der Waals surface area contributed by atoms with Crippen LogP contribution in [0.3, 0.4) is 0 Å². The first-order valence-corrected chi connectivity index (χ1v) is 34.1. The normalized spacial score (nSPS) is 12.2. The molecule has 0 aliphatic rings. The summed E-state index contributed by atoms with van der Waals surface area (Å²) in [4.78, 5) is 13.6. The molecule has 0 aliphatic heterocycles. The fourth-order valence-electron chi connectivity index (χ4n) is 10.5. The van der Waals surface area contributed by atoms with Gasteiger partial charge >= 0.3 is 6.36 Å². The van der Waals surface area contributed by atoms with E-state index in [9.17, 15) is 38.4 Å². The number of pyridine rings is 3. The van der Waals surface area contributed by atoms with Gasteiger partial charge in [-0.25, -0.2) is 39.3 Å². The minimum Gasteiger partial charge on any atom is -0.406 e. The number of rotatable bonds is 16. The first-order valence-electron chi connectivity index (χ1n) is 29.1. The van der Waals surface area contributed by atoms with E-state index < -0.39 is 41.6 Å². The molecule has 0 atom stereocenters. The standard InChI is InChI=1S/C25H27N3O2S.C23H23N3O2S.C21H16F3N3O3S/c1-5-25(3,4)19-11-13-21(14-12-19)31(29,30)17-20-16-18(2)27-28(20)24-10-6-9-23-22(24)8-7-15-26-23;1-16(2)18-9-11-20(12-10-18)29(27,28)15-19-14-17(3)25-26(19)23-8-4-7-22-21(23)6-5-13-24-22;1-14-12-15(27(26-14)20-6-2-5-19-18(20)4-3-11-25-19)13-31(28,29)17-9-7-16(8-10-17)30-21(22,23)24/h6-16H,5,17H2,1-4H3;4-14,16H,15H2,1-3H3;2-12H,13H2,1H3. The number of aromatic nitrogens is 9. The van der Waals surface area contributed by atoms with E-state index in [1.54, 1.807) is 82.0 Å².